The van der Waals surface area contributed by atoms with Crippen LogP contribution in [0.3, 0.4) is 0 Å². The van der Waals surface area contributed by atoms with Crippen LogP contribution in [-0.2, 0) is 16.6 Å². The van der Waals surface area contributed by atoms with Gasteiger partial charge in [0, 0.05) is 6.54 Å². The van der Waals surface area contributed by atoms with Crippen LogP contribution in [0.1, 0.15) is 24.8 Å². The predicted octanol–water partition coefficient (Wildman–Crippen LogP) is 1.46. The molecule has 0 radical (unpaired) electrons. The number of hydrogen-bond donors (Lipinski definition) is 1. The molecule has 100 valence electrons. The number of nitrogens with two attached hydrogens (primary N) is 1. The number of hydrogen-bond acceptors (Lipinski definition) is 3. The van der Waals surface area contributed by atoms with Gasteiger partial charge >= 0.3 is 0 Å². The Morgan fingerprint density at radius 2 is 1.89 bits per heavy atom. The molecule has 1 heterocycles. The maximum atomic E-state index is 13.2. The van der Waals surface area contributed by atoms with Crippen molar-refractivity contribution in [2.75, 3.05) is 13.1 Å². The van der Waals surface area contributed by atoms with Crippen LogP contribution >= 0.6 is 0 Å². The Labute approximate surface area is 107 Å². The quantitative estimate of drug-likeness (QED) is 0.906. The molecule has 2 N–H and O–H groups in total. The second-order valence-electron chi connectivity index (χ2n) is 4.63. The summed E-state index contributed by atoms with van der Waals surface area (Å²) in [5, 5.41) is 5.14. The average molecular weight is 272 g/mol. The van der Waals surface area contributed by atoms with E-state index in [9.17, 15) is 12.8 Å². The molecule has 0 aromatic heterocycles. The molecule has 1 fully saturated rings. The Hall–Kier alpha value is -0.980. The summed E-state index contributed by atoms with van der Waals surface area (Å²) in [7, 11) is -3.79. The van der Waals surface area contributed by atoms with Gasteiger partial charge in [0.2, 0.25) is 10.0 Å². The third-order valence-corrected chi connectivity index (χ3v) is 4.18. The van der Waals surface area contributed by atoms with E-state index in [4.69, 9.17) is 5.14 Å². The summed E-state index contributed by atoms with van der Waals surface area (Å²) in [5.74, 6) is -0.436. The van der Waals surface area contributed by atoms with E-state index in [0.717, 1.165) is 32.0 Å². The predicted molar refractivity (Wildman–Crippen MR) is 66.9 cm³/mol. The summed E-state index contributed by atoms with van der Waals surface area (Å²) >= 11 is 0. The molecule has 2 rings (SSSR count). The van der Waals surface area contributed by atoms with Gasteiger partial charge in [0.15, 0.2) is 0 Å². The van der Waals surface area contributed by atoms with Gasteiger partial charge in [-0.1, -0.05) is 6.42 Å². The summed E-state index contributed by atoms with van der Waals surface area (Å²) in [4.78, 5) is 2.15. The average Bonchev–Trinajstić information content (AvgIpc) is 2.28. The Morgan fingerprint density at radius 3 is 2.50 bits per heavy atom. The molecular formula is C12H17FN2O2S. The van der Waals surface area contributed by atoms with E-state index in [0.29, 0.717) is 12.1 Å². The van der Waals surface area contributed by atoms with Gasteiger partial charge in [-0.3, -0.25) is 4.90 Å². The van der Waals surface area contributed by atoms with E-state index in [1.165, 1.54) is 18.6 Å². The lowest BCUT2D eigenvalue weighted by Crippen LogP contribution is -2.30. The van der Waals surface area contributed by atoms with Crippen LogP contribution in [0.5, 0.6) is 0 Å². The van der Waals surface area contributed by atoms with Gasteiger partial charge in [-0.05, 0) is 49.7 Å². The number of halogens is 1. The van der Waals surface area contributed by atoms with Gasteiger partial charge in [0.25, 0.3) is 0 Å². The maximum Gasteiger partial charge on any atom is 0.238 e. The van der Waals surface area contributed by atoms with Gasteiger partial charge in [-0.25, -0.2) is 17.9 Å². The molecule has 0 spiro atoms. The molecule has 0 aliphatic carbocycles. The smallest absolute Gasteiger partial charge is 0.238 e. The van der Waals surface area contributed by atoms with E-state index in [-0.39, 0.29) is 4.90 Å². The molecule has 0 atom stereocenters. The van der Waals surface area contributed by atoms with Gasteiger partial charge in [0.05, 0.1) is 4.90 Å². The van der Waals surface area contributed by atoms with Crippen LogP contribution in [0.4, 0.5) is 4.39 Å². The third-order valence-electron chi connectivity index (χ3n) is 3.17. The van der Waals surface area contributed by atoms with Crippen molar-refractivity contribution < 1.29 is 12.8 Å². The Bertz CT molecular complexity index is 525. The monoisotopic (exact) mass is 272 g/mol. The zero-order chi connectivity index (χ0) is 13.2. The number of rotatable bonds is 3. The van der Waals surface area contributed by atoms with Gasteiger partial charge in [-0.15, -0.1) is 0 Å². The van der Waals surface area contributed by atoms with Crippen molar-refractivity contribution in [2.45, 2.75) is 30.7 Å². The topological polar surface area (TPSA) is 63.4 Å². The Morgan fingerprint density at radius 1 is 1.22 bits per heavy atom. The van der Waals surface area contributed by atoms with Crippen LogP contribution in [0, 0.1) is 5.82 Å². The standard InChI is InChI=1S/C12H17FN2O2S/c13-11-4-5-12(18(14,16)17)10(8-11)9-15-6-2-1-3-7-15/h4-5,8H,1-3,6-7,9H2,(H2,14,16,17). The first-order chi connectivity index (χ1) is 8.47. The Kier molecular flexibility index (Phi) is 3.99. The lowest BCUT2D eigenvalue weighted by molar-refractivity contribution is 0.219. The molecule has 0 amide bonds. The van der Waals surface area contributed by atoms with Crippen LogP contribution < -0.4 is 5.14 Å². The first-order valence-corrected chi connectivity index (χ1v) is 7.55. The van der Waals surface area contributed by atoms with E-state index in [1.807, 2.05) is 0 Å². The van der Waals surface area contributed by atoms with Crippen molar-refractivity contribution in [3.8, 4) is 0 Å². The van der Waals surface area contributed by atoms with Crippen molar-refractivity contribution in [3.63, 3.8) is 0 Å². The van der Waals surface area contributed by atoms with Crippen molar-refractivity contribution in [1.29, 1.82) is 0 Å². The van der Waals surface area contributed by atoms with Crippen LogP contribution in [-0.4, -0.2) is 26.4 Å². The van der Waals surface area contributed by atoms with Crippen molar-refractivity contribution in [1.82, 2.24) is 4.90 Å². The summed E-state index contributed by atoms with van der Waals surface area (Å²) in [6.07, 6.45) is 3.39. The highest BCUT2D eigenvalue weighted by Gasteiger charge is 2.18. The van der Waals surface area contributed by atoms with E-state index < -0.39 is 15.8 Å². The lowest BCUT2D eigenvalue weighted by Gasteiger charge is -2.27. The molecular weight excluding hydrogens is 255 g/mol. The molecule has 1 aliphatic rings. The largest absolute Gasteiger partial charge is 0.299 e. The number of nitrogens with zero attached hydrogens (tertiary/aromatic N) is 1. The minimum absolute atomic E-state index is 0.0227. The zero-order valence-corrected chi connectivity index (χ0v) is 10.9. The second-order valence-corrected chi connectivity index (χ2v) is 6.16. The van der Waals surface area contributed by atoms with Gasteiger partial charge in [0.1, 0.15) is 5.82 Å². The number of primary sulfonamides is 1. The van der Waals surface area contributed by atoms with E-state index in [1.54, 1.807) is 0 Å². The number of benzene rings is 1. The van der Waals surface area contributed by atoms with Crippen LogP contribution in [0.2, 0.25) is 0 Å². The summed E-state index contributed by atoms with van der Waals surface area (Å²) in [6, 6.07) is 3.62. The third kappa shape index (κ3) is 3.28. The fraction of sp³-hybridized carbons (Fsp3) is 0.500. The normalized spacial score (nSPS) is 17.9. The highest BCUT2D eigenvalue weighted by molar-refractivity contribution is 7.89. The number of likely N-dealkylation sites (tertiary alicyclic amines) is 1. The minimum Gasteiger partial charge on any atom is -0.299 e. The fourth-order valence-corrected chi connectivity index (χ4v) is 3.05. The first kappa shape index (κ1) is 13.5. The van der Waals surface area contributed by atoms with Gasteiger partial charge in [-0.2, -0.15) is 0 Å². The summed E-state index contributed by atoms with van der Waals surface area (Å²) < 4.78 is 36.1. The number of sulfonamides is 1. The minimum atomic E-state index is -3.79. The molecule has 18 heavy (non-hydrogen) atoms. The number of piperidine rings is 1. The zero-order valence-electron chi connectivity index (χ0n) is 10.1. The van der Waals surface area contributed by atoms with Crippen LogP contribution in [0.25, 0.3) is 0 Å². The van der Waals surface area contributed by atoms with Crippen molar-refractivity contribution in [3.05, 3.63) is 29.6 Å². The van der Waals surface area contributed by atoms with Crippen LogP contribution in [0.15, 0.2) is 23.1 Å². The van der Waals surface area contributed by atoms with E-state index >= 15 is 0 Å². The van der Waals surface area contributed by atoms with Crippen molar-refractivity contribution >= 4 is 10.0 Å². The lowest BCUT2D eigenvalue weighted by atomic mass is 10.1. The highest BCUT2D eigenvalue weighted by Crippen LogP contribution is 2.20. The molecule has 0 saturated carbocycles. The molecule has 0 unspecified atom stereocenters. The summed E-state index contributed by atoms with van der Waals surface area (Å²) in [6.45, 7) is 2.27. The van der Waals surface area contributed by atoms with Crippen molar-refractivity contribution in [2.24, 2.45) is 5.14 Å². The molecule has 1 aromatic carbocycles. The SMILES string of the molecule is NS(=O)(=O)c1ccc(F)cc1CN1CCCCC1. The fourth-order valence-electron chi connectivity index (χ4n) is 2.31. The molecule has 0 bridgehead atoms. The second kappa shape index (κ2) is 5.34. The molecule has 1 aliphatic heterocycles. The van der Waals surface area contributed by atoms with Gasteiger partial charge < -0.3 is 0 Å². The molecule has 1 saturated heterocycles. The molecule has 6 heteroatoms. The molecule has 1 aromatic rings. The highest BCUT2D eigenvalue weighted by atomic mass is 32.2. The Balaban J connectivity index is 2.27. The summed E-state index contributed by atoms with van der Waals surface area (Å²) in [5.41, 5.74) is 0.444. The molecule has 4 nitrogen and oxygen atoms in total. The first-order valence-electron chi connectivity index (χ1n) is 6.00. The maximum absolute atomic E-state index is 13.2. The van der Waals surface area contributed by atoms with E-state index in [2.05, 4.69) is 4.90 Å².